The quantitative estimate of drug-likeness (QED) is 0.510. The van der Waals surface area contributed by atoms with Gasteiger partial charge >= 0.3 is 5.97 Å². The van der Waals surface area contributed by atoms with Gasteiger partial charge in [-0.25, -0.2) is 0 Å². The number of aliphatic carboxylic acids is 1. The average Bonchev–Trinajstić information content (AvgIpc) is 2.10. The first-order valence-corrected chi connectivity index (χ1v) is 3.54. The molecule has 70 valence electrons. The number of hydrogen-bond acceptors (Lipinski definition) is 5. The lowest BCUT2D eigenvalue weighted by atomic mass is 10.2. The number of carbonyl (C=O) groups is 1. The number of nitrogens with one attached hydrogen (secondary N) is 2. The van der Waals surface area contributed by atoms with Crippen LogP contribution in [-0.4, -0.2) is 24.7 Å². The smallest absolute Gasteiger partial charge is 0.322 e. The Morgan fingerprint density at radius 3 is 2.31 bits per heavy atom. The predicted octanol–water partition coefficient (Wildman–Crippen LogP) is -1.18. The van der Waals surface area contributed by atoms with Crippen LogP contribution in [0.1, 0.15) is 0 Å². The summed E-state index contributed by atoms with van der Waals surface area (Å²) in [7, 11) is 1.49. The molecule has 0 saturated carbocycles. The number of rotatable bonds is 4. The van der Waals surface area contributed by atoms with Crippen LogP contribution >= 0.6 is 0 Å². The van der Waals surface area contributed by atoms with Crippen LogP contribution in [0.5, 0.6) is 0 Å². The van der Waals surface area contributed by atoms with Crippen LogP contribution in [0.25, 0.3) is 0 Å². The molecule has 1 rings (SSSR count). The lowest BCUT2D eigenvalue weighted by Crippen LogP contribution is -2.37. The van der Waals surface area contributed by atoms with Crippen molar-refractivity contribution in [2.45, 2.75) is 0 Å². The predicted molar refractivity (Wildman–Crippen MR) is 47.0 cm³/mol. The molecule has 0 amide bonds. The molecule has 0 saturated heterocycles. The van der Waals surface area contributed by atoms with Gasteiger partial charge in [-0.1, -0.05) is 0 Å². The van der Waals surface area contributed by atoms with Crippen molar-refractivity contribution in [2.24, 2.45) is 0 Å². The van der Waals surface area contributed by atoms with Gasteiger partial charge < -0.3 is 15.7 Å². The topological polar surface area (TPSA) is 95.5 Å². The summed E-state index contributed by atoms with van der Waals surface area (Å²) < 4.78 is 0. The van der Waals surface area contributed by atoms with Crippen LogP contribution in [0, 0.1) is 0 Å². The van der Waals surface area contributed by atoms with Crippen molar-refractivity contribution >= 4 is 17.3 Å². The Bertz CT molecular complexity index is 403. The minimum absolute atomic E-state index is 0.0508. The summed E-state index contributed by atoms with van der Waals surface area (Å²) in [5.41, 5.74) is -1.10. The highest BCUT2D eigenvalue weighted by molar-refractivity contribution is 5.79. The SMILES string of the molecule is CNc1c(NCC(=O)O)c(=O)c1=O. The highest BCUT2D eigenvalue weighted by Gasteiger charge is 2.19. The Kier molecular flexibility index (Phi) is 2.32. The Labute approximate surface area is 72.9 Å². The van der Waals surface area contributed by atoms with Crippen molar-refractivity contribution in [1.29, 1.82) is 0 Å². The van der Waals surface area contributed by atoms with E-state index >= 15 is 0 Å². The van der Waals surface area contributed by atoms with Gasteiger partial charge in [-0.2, -0.15) is 0 Å². The Hall–Kier alpha value is -1.85. The van der Waals surface area contributed by atoms with Crippen molar-refractivity contribution in [3.63, 3.8) is 0 Å². The summed E-state index contributed by atoms with van der Waals surface area (Å²) in [4.78, 5) is 31.8. The molecule has 0 unspecified atom stereocenters. The third-order valence-electron chi connectivity index (χ3n) is 1.58. The molecule has 0 fully saturated rings. The molecule has 0 radical (unpaired) electrons. The van der Waals surface area contributed by atoms with Gasteiger partial charge in [-0.3, -0.25) is 14.4 Å². The maximum atomic E-state index is 10.8. The van der Waals surface area contributed by atoms with Crippen molar-refractivity contribution in [2.75, 3.05) is 24.2 Å². The molecule has 3 N–H and O–H groups in total. The lowest BCUT2D eigenvalue weighted by molar-refractivity contribution is -0.134. The third-order valence-corrected chi connectivity index (χ3v) is 1.58. The van der Waals surface area contributed by atoms with Gasteiger partial charge in [0.1, 0.15) is 17.9 Å². The number of carboxylic acids is 1. The maximum Gasteiger partial charge on any atom is 0.322 e. The van der Waals surface area contributed by atoms with Crippen molar-refractivity contribution < 1.29 is 9.90 Å². The van der Waals surface area contributed by atoms with E-state index in [1.54, 1.807) is 0 Å². The van der Waals surface area contributed by atoms with E-state index in [1.807, 2.05) is 0 Å². The highest BCUT2D eigenvalue weighted by atomic mass is 16.4. The molecule has 1 aromatic carbocycles. The molecule has 0 aliphatic rings. The largest absolute Gasteiger partial charge is 0.480 e. The van der Waals surface area contributed by atoms with Gasteiger partial charge in [0.2, 0.25) is 0 Å². The van der Waals surface area contributed by atoms with Crippen LogP contribution in [0.15, 0.2) is 9.59 Å². The zero-order valence-electron chi connectivity index (χ0n) is 6.88. The molecule has 0 aliphatic carbocycles. The molecule has 6 nitrogen and oxygen atoms in total. The first-order chi connectivity index (χ1) is 6.07. The minimum Gasteiger partial charge on any atom is -0.480 e. The summed E-state index contributed by atoms with van der Waals surface area (Å²) in [5.74, 6) is -1.09. The molecule has 13 heavy (non-hydrogen) atoms. The van der Waals surface area contributed by atoms with Crippen LogP contribution < -0.4 is 21.5 Å². The van der Waals surface area contributed by atoms with Gasteiger partial charge in [0.05, 0.1) is 0 Å². The van der Waals surface area contributed by atoms with E-state index in [1.165, 1.54) is 7.05 Å². The van der Waals surface area contributed by atoms with E-state index in [9.17, 15) is 14.4 Å². The van der Waals surface area contributed by atoms with Gasteiger partial charge in [-0.05, 0) is 0 Å². The van der Waals surface area contributed by atoms with Crippen molar-refractivity contribution in [3.8, 4) is 0 Å². The van der Waals surface area contributed by atoms with E-state index in [4.69, 9.17) is 5.11 Å². The van der Waals surface area contributed by atoms with E-state index in [2.05, 4.69) is 10.6 Å². The maximum absolute atomic E-state index is 10.8. The van der Waals surface area contributed by atoms with Gasteiger partial charge in [-0.15, -0.1) is 0 Å². The molecule has 6 heteroatoms. The molecule has 0 heterocycles. The zero-order chi connectivity index (χ0) is 10.0. The standard InChI is InChI=1S/C7H8N2O4/c1-8-4-5(7(13)6(4)12)9-2-3(10)11/h8-9H,2H2,1H3,(H,10,11). The average molecular weight is 184 g/mol. The Morgan fingerprint density at radius 2 is 1.85 bits per heavy atom. The van der Waals surface area contributed by atoms with Crippen molar-refractivity contribution in [1.82, 2.24) is 0 Å². The lowest BCUT2D eigenvalue weighted by Gasteiger charge is -2.10. The van der Waals surface area contributed by atoms with Gasteiger partial charge in [0.15, 0.2) is 0 Å². The fraction of sp³-hybridized carbons (Fsp3) is 0.286. The molecular weight excluding hydrogens is 176 g/mol. The number of anilines is 2. The van der Waals surface area contributed by atoms with E-state index in [-0.39, 0.29) is 17.9 Å². The summed E-state index contributed by atoms with van der Waals surface area (Å²) in [6, 6.07) is 0. The van der Waals surface area contributed by atoms with Gasteiger partial charge in [0.25, 0.3) is 10.9 Å². The molecule has 0 aromatic heterocycles. The normalized spacial score (nSPS) is 9.92. The second kappa shape index (κ2) is 3.26. The highest BCUT2D eigenvalue weighted by Crippen LogP contribution is 2.11. The van der Waals surface area contributed by atoms with E-state index in [0.717, 1.165) is 0 Å². The third kappa shape index (κ3) is 1.51. The minimum atomic E-state index is -1.09. The summed E-state index contributed by atoms with van der Waals surface area (Å²) >= 11 is 0. The van der Waals surface area contributed by atoms with E-state index in [0.29, 0.717) is 0 Å². The first-order valence-electron chi connectivity index (χ1n) is 3.54. The van der Waals surface area contributed by atoms with Gasteiger partial charge in [0, 0.05) is 7.05 Å². The van der Waals surface area contributed by atoms with Crippen LogP contribution in [0.3, 0.4) is 0 Å². The van der Waals surface area contributed by atoms with Crippen LogP contribution in [0.4, 0.5) is 11.4 Å². The molecule has 0 aliphatic heterocycles. The summed E-state index contributed by atoms with van der Waals surface area (Å²) in [6.07, 6.45) is 0. The molecule has 0 spiro atoms. The van der Waals surface area contributed by atoms with E-state index < -0.39 is 16.8 Å². The molecule has 0 bridgehead atoms. The Balaban J connectivity index is 2.79. The first kappa shape index (κ1) is 9.24. The van der Waals surface area contributed by atoms with Crippen molar-refractivity contribution in [3.05, 3.63) is 20.4 Å². The van der Waals surface area contributed by atoms with Crippen LogP contribution in [0.2, 0.25) is 0 Å². The monoisotopic (exact) mass is 184 g/mol. The molecule has 1 aromatic rings. The fourth-order valence-corrected chi connectivity index (χ4v) is 0.963. The molecular formula is C7H8N2O4. The number of hydrogen-bond donors (Lipinski definition) is 3. The summed E-state index contributed by atoms with van der Waals surface area (Å²) in [6.45, 7) is -0.375. The number of carboxylic acid groups (broad SMARTS) is 1. The Morgan fingerprint density at radius 1 is 1.31 bits per heavy atom. The summed E-state index contributed by atoms with van der Waals surface area (Å²) in [5, 5.41) is 13.1. The van der Waals surface area contributed by atoms with Crippen LogP contribution in [-0.2, 0) is 4.79 Å². The second-order valence-corrected chi connectivity index (χ2v) is 2.41. The zero-order valence-corrected chi connectivity index (χ0v) is 6.88. The fourth-order valence-electron chi connectivity index (χ4n) is 0.963. The molecule has 0 atom stereocenters. The second-order valence-electron chi connectivity index (χ2n) is 2.41.